The number of unbranched alkanes of at least 4 members (excludes halogenated alkanes) is 13. The highest BCUT2D eigenvalue weighted by Gasteiger charge is 2.26. The number of hydrogen-bond donors (Lipinski definition) is 1. The first-order chi connectivity index (χ1) is 25.7. The summed E-state index contributed by atoms with van der Waals surface area (Å²) >= 11 is 0. The highest BCUT2D eigenvalue weighted by atomic mass is 31.2. The molecule has 0 aromatic heterocycles. The van der Waals surface area contributed by atoms with Gasteiger partial charge in [0.2, 0.25) is 0 Å². The van der Waals surface area contributed by atoms with Gasteiger partial charge in [-0.05, 0) is 91.1 Å². The average molecular weight is 766 g/mol. The van der Waals surface area contributed by atoms with E-state index in [9.17, 15) is 19.0 Å². The number of carbonyl (C=O) groups is 2. The second-order valence-electron chi connectivity index (χ2n) is 13.8. The lowest BCUT2D eigenvalue weighted by molar-refractivity contribution is -0.161. The molecule has 0 radical (unpaired) electrons. The number of hydrogen-bond acceptors (Lipinski definition) is 8. The van der Waals surface area contributed by atoms with Crippen molar-refractivity contribution >= 4 is 19.8 Å². The van der Waals surface area contributed by atoms with Gasteiger partial charge in [-0.2, -0.15) is 0 Å². The first kappa shape index (κ1) is 50.7. The summed E-state index contributed by atoms with van der Waals surface area (Å²) in [6.07, 6.45) is 42.7. The van der Waals surface area contributed by atoms with Crippen LogP contribution in [-0.2, 0) is 32.7 Å². The summed E-state index contributed by atoms with van der Waals surface area (Å²) in [4.78, 5) is 36.9. The van der Waals surface area contributed by atoms with Gasteiger partial charge in [0.05, 0.1) is 13.2 Å². The number of nitrogens with zero attached hydrogens (tertiary/aromatic N) is 1. The van der Waals surface area contributed by atoms with Crippen molar-refractivity contribution in [1.29, 1.82) is 0 Å². The minimum Gasteiger partial charge on any atom is -0.462 e. The van der Waals surface area contributed by atoms with Gasteiger partial charge in [-0.1, -0.05) is 126 Å². The maximum Gasteiger partial charge on any atom is 0.472 e. The molecule has 0 aromatic rings. The van der Waals surface area contributed by atoms with Crippen LogP contribution in [-0.4, -0.2) is 68.3 Å². The van der Waals surface area contributed by atoms with Gasteiger partial charge in [0, 0.05) is 19.4 Å². The highest BCUT2D eigenvalue weighted by molar-refractivity contribution is 7.47. The molecule has 0 bridgehead atoms. The van der Waals surface area contributed by atoms with Crippen LogP contribution < -0.4 is 0 Å². The minimum atomic E-state index is -4.37. The predicted molar refractivity (Wildman–Crippen MR) is 220 cm³/mol. The third kappa shape index (κ3) is 39.2. The van der Waals surface area contributed by atoms with Crippen molar-refractivity contribution in [3.63, 3.8) is 0 Å². The first-order valence-electron chi connectivity index (χ1n) is 20.6. The molecular formula is C43H76NO8P. The van der Waals surface area contributed by atoms with Crippen LogP contribution in [0.15, 0.2) is 60.8 Å². The number of phosphoric ester groups is 1. The van der Waals surface area contributed by atoms with Crippen molar-refractivity contribution in [1.82, 2.24) is 4.90 Å². The minimum absolute atomic E-state index is 0.00221. The predicted octanol–water partition coefficient (Wildman–Crippen LogP) is 11.5. The van der Waals surface area contributed by atoms with E-state index >= 15 is 0 Å². The number of esters is 2. The topological polar surface area (TPSA) is 112 Å². The maximum absolute atomic E-state index is 12.6. The Bertz CT molecular complexity index is 1070. The summed E-state index contributed by atoms with van der Waals surface area (Å²) in [5.41, 5.74) is 0. The maximum atomic E-state index is 12.6. The highest BCUT2D eigenvalue weighted by Crippen LogP contribution is 2.43. The first-order valence-corrected chi connectivity index (χ1v) is 22.1. The van der Waals surface area contributed by atoms with Crippen LogP contribution in [0.5, 0.6) is 0 Å². The fourth-order valence-electron chi connectivity index (χ4n) is 5.06. The Hall–Kier alpha value is -2.29. The fraction of sp³-hybridized carbons (Fsp3) is 0.721. The van der Waals surface area contributed by atoms with Crippen molar-refractivity contribution in [2.24, 2.45) is 0 Å². The molecule has 1 N–H and O–H groups in total. The molecule has 9 nitrogen and oxygen atoms in total. The molecule has 10 heteroatoms. The summed E-state index contributed by atoms with van der Waals surface area (Å²) in [6, 6.07) is 0. The Morgan fingerprint density at radius 1 is 0.585 bits per heavy atom. The molecule has 0 heterocycles. The molecule has 0 aromatic carbocycles. The number of ether oxygens (including phenoxy) is 2. The van der Waals surface area contributed by atoms with Gasteiger partial charge in [-0.3, -0.25) is 18.6 Å². The number of likely N-dealkylation sites (N-methyl/N-ethyl adjacent to an activating group) is 1. The average Bonchev–Trinajstić information content (AvgIpc) is 3.12. The second kappa shape index (κ2) is 38.0. The molecule has 0 aliphatic rings. The lowest BCUT2D eigenvalue weighted by atomic mass is 10.1. The molecule has 0 aliphatic heterocycles. The van der Waals surface area contributed by atoms with Crippen LogP contribution in [0.3, 0.4) is 0 Å². The monoisotopic (exact) mass is 766 g/mol. The van der Waals surface area contributed by atoms with Gasteiger partial charge in [0.25, 0.3) is 0 Å². The van der Waals surface area contributed by atoms with Crippen molar-refractivity contribution in [3.05, 3.63) is 60.8 Å². The van der Waals surface area contributed by atoms with Crippen molar-refractivity contribution in [3.8, 4) is 0 Å². The van der Waals surface area contributed by atoms with E-state index in [4.69, 9.17) is 18.5 Å². The molecule has 0 saturated heterocycles. The number of allylic oxidation sites excluding steroid dienone is 10. The number of phosphoric acid groups is 1. The number of carbonyl (C=O) groups excluding carboxylic acids is 2. The van der Waals surface area contributed by atoms with Crippen LogP contribution in [0.4, 0.5) is 0 Å². The van der Waals surface area contributed by atoms with Crippen LogP contribution >= 0.6 is 7.82 Å². The SMILES string of the molecule is CCCC/C=C\CCCCCCCC(=O)OC(COC(=O)CCCCC/C=C\C/C=C\C/C=C\C/C=C\CCCCC)COP(=O)(O)OCCN(C)C. The van der Waals surface area contributed by atoms with Gasteiger partial charge in [-0.25, -0.2) is 4.57 Å². The van der Waals surface area contributed by atoms with E-state index in [1.54, 1.807) is 0 Å². The molecule has 0 saturated carbocycles. The van der Waals surface area contributed by atoms with Gasteiger partial charge < -0.3 is 19.3 Å². The Morgan fingerprint density at radius 3 is 1.60 bits per heavy atom. The summed E-state index contributed by atoms with van der Waals surface area (Å²) in [6.45, 7) is 4.18. The van der Waals surface area contributed by atoms with E-state index in [1.165, 1.54) is 38.5 Å². The lowest BCUT2D eigenvalue weighted by Crippen LogP contribution is -2.29. The third-order valence-electron chi connectivity index (χ3n) is 8.30. The Morgan fingerprint density at radius 2 is 1.04 bits per heavy atom. The Balaban J connectivity index is 4.37. The smallest absolute Gasteiger partial charge is 0.462 e. The normalized spacial score (nSPS) is 14.1. The molecule has 0 spiro atoms. The van der Waals surface area contributed by atoms with Crippen LogP contribution in [0, 0.1) is 0 Å². The molecule has 2 atom stereocenters. The van der Waals surface area contributed by atoms with Gasteiger partial charge in [0.15, 0.2) is 6.10 Å². The lowest BCUT2D eigenvalue weighted by Gasteiger charge is -2.20. The quantitative estimate of drug-likeness (QED) is 0.0286. The van der Waals surface area contributed by atoms with Crippen LogP contribution in [0.25, 0.3) is 0 Å². The molecule has 0 rings (SSSR count). The Labute approximate surface area is 323 Å². The standard InChI is InChI=1S/C43H76NO8P/c1-5-7-9-11-13-15-17-18-19-20-21-22-23-24-26-27-29-31-33-35-42(45)49-39-41(40-51-53(47,48)50-38-37-44(3)4)52-43(46)36-34-32-30-28-25-16-14-12-10-8-6-2/h12-15,18-19,21-22,24,26,41H,5-11,16-17,20,23,25,27-40H2,1-4H3,(H,47,48)/b14-12-,15-13-,19-18-,22-21-,26-24-. The zero-order valence-electron chi connectivity index (χ0n) is 33.9. The summed E-state index contributed by atoms with van der Waals surface area (Å²) in [7, 11) is -0.736. The van der Waals surface area contributed by atoms with Crippen molar-refractivity contribution in [2.75, 3.05) is 40.5 Å². The molecule has 0 aliphatic carbocycles. The molecule has 53 heavy (non-hydrogen) atoms. The second-order valence-corrected chi connectivity index (χ2v) is 15.3. The van der Waals surface area contributed by atoms with Crippen LogP contribution in [0.1, 0.15) is 155 Å². The van der Waals surface area contributed by atoms with E-state index in [1.807, 2.05) is 19.0 Å². The summed E-state index contributed by atoms with van der Waals surface area (Å²) in [5, 5.41) is 0. The van der Waals surface area contributed by atoms with E-state index < -0.39 is 32.5 Å². The van der Waals surface area contributed by atoms with E-state index in [2.05, 4.69) is 74.6 Å². The number of rotatable bonds is 37. The van der Waals surface area contributed by atoms with E-state index in [-0.39, 0.29) is 26.1 Å². The van der Waals surface area contributed by atoms with Gasteiger partial charge in [0.1, 0.15) is 6.61 Å². The molecule has 0 fully saturated rings. The summed E-state index contributed by atoms with van der Waals surface area (Å²) < 4.78 is 33.3. The van der Waals surface area contributed by atoms with Gasteiger partial charge >= 0.3 is 19.8 Å². The Kier molecular flexibility index (Phi) is 36.4. The summed E-state index contributed by atoms with van der Waals surface area (Å²) in [5.74, 6) is -0.856. The molecule has 306 valence electrons. The fourth-order valence-corrected chi connectivity index (χ4v) is 5.80. The van der Waals surface area contributed by atoms with Crippen molar-refractivity contribution in [2.45, 2.75) is 161 Å². The van der Waals surface area contributed by atoms with Gasteiger partial charge in [-0.15, -0.1) is 0 Å². The van der Waals surface area contributed by atoms with E-state index in [0.29, 0.717) is 19.4 Å². The van der Waals surface area contributed by atoms with Crippen molar-refractivity contribution < 1.29 is 37.6 Å². The zero-order valence-corrected chi connectivity index (χ0v) is 34.8. The zero-order chi connectivity index (χ0) is 39.1. The third-order valence-corrected chi connectivity index (χ3v) is 9.28. The van der Waals surface area contributed by atoms with E-state index in [0.717, 1.165) is 77.0 Å². The molecule has 0 amide bonds. The molecular weight excluding hydrogens is 689 g/mol. The largest absolute Gasteiger partial charge is 0.472 e. The van der Waals surface area contributed by atoms with Crippen LogP contribution in [0.2, 0.25) is 0 Å². The molecule has 2 unspecified atom stereocenters.